The maximum atomic E-state index is 9.71. The predicted octanol–water partition coefficient (Wildman–Crippen LogP) is 1.43. The number of benzene rings is 2. The summed E-state index contributed by atoms with van der Waals surface area (Å²) < 4.78 is 5.18. The summed E-state index contributed by atoms with van der Waals surface area (Å²) in [6.07, 6.45) is 0.916. The Morgan fingerprint density at radius 3 is 2.86 bits per heavy atom. The lowest BCUT2D eigenvalue weighted by atomic mass is 9.79. The van der Waals surface area contributed by atoms with E-state index in [-0.39, 0.29) is 0 Å². The molecule has 0 amide bonds. The molecule has 0 saturated heterocycles. The highest BCUT2D eigenvalue weighted by Gasteiger charge is 2.27. The Morgan fingerprint density at radius 1 is 1.23 bits per heavy atom. The Hall–Kier alpha value is -1.89. The van der Waals surface area contributed by atoms with E-state index in [1.54, 1.807) is 0 Å². The molecular formula is C16H17BN2O2S. The molecule has 112 valence electrons. The minimum atomic E-state index is -0.837. The summed E-state index contributed by atoms with van der Waals surface area (Å²) in [5, 5.41) is 16.6. The summed E-state index contributed by atoms with van der Waals surface area (Å²) in [5.74, 6) is 0. The molecule has 0 fully saturated rings. The number of fused-ring (bicyclic) bond motifs is 1. The standard InChI is InChI=1S/C16H17BN2O2S/c20-17-15-10-14(7-6-13(15)11-21-17)19-16(22)18-9-8-12-4-2-1-3-5-12/h1-7,10,20H,8-9,11H2,(H2,18,19,22). The van der Waals surface area contributed by atoms with Gasteiger partial charge in [-0.3, -0.25) is 0 Å². The maximum Gasteiger partial charge on any atom is 0.491 e. The molecule has 0 bridgehead atoms. The molecule has 1 heterocycles. The second-order valence-electron chi connectivity index (χ2n) is 5.19. The second kappa shape index (κ2) is 6.92. The van der Waals surface area contributed by atoms with Crippen molar-refractivity contribution in [3.05, 3.63) is 59.7 Å². The monoisotopic (exact) mass is 312 g/mol. The van der Waals surface area contributed by atoms with Crippen molar-refractivity contribution in [2.24, 2.45) is 0 Å². The Balaban J connectivity index is 1.51. The van der Waals surface area contributed by atoms with E-state index < -0.39 is 7.12 Å². The van der Waals surface area contributed by atoms with Crippen LogP contribution in [-0.4, -0.2) is 23.8 Å². The summed E-state index contributed by atoms with van der Waals surface area (Å²) in [6.45, 7) is 1.23. The molecule has 6 heteroatoms. The van der Waals surface area contributed by atoms with Gasteiger partial charge in [-0.2, -0.15) is 0 Å². The minimum absolute atomic E-state index is 0.455. The van der Waals surface area contributed by atoms with Gasteiger partial charge in [0.1, 0.15) is 0 Å². The van der Waals surface area contributed by atoms with Crippen molar-refractivity contribution < 1.29 is 9.68 Å². The molecule has 0 aromatic heterocycles. The average Bonchev–Trinajstić information content (AvgIpc) is 2.89. The molecule has 2 aromatic rings. The van der Waals surface area contributed by atoms with E-state index in [2.05, 4.69) is 22.8 Å². The fraction of sp³-hybridized carbons (Fsp3) is 0.188. The van der Waals surface area contributed by atoms with Crippen molar-refractivity contribution in [2.75, 3.05) is 11.9 Å². The first-order valence-corrected chi connectivity index (χ1v) is 7.64. The topological polar surface area (TPSA) is 53.5 Å². The van der Waals surface area contributed by atoms with E-state index in [4.69, 9.17) is 16.9 Å². The highest BCUT2D eigenvalue weighted by molar-refractivity contribution is 7.80. The molecule has 3 N–H and O–H groups in total. The van der Waals surface area contributed by atoms with Gasteiger partial charge >= 0.3 is 7.12 Å². The molecule has 0 radical (unpaired) electrons. The van der Waals surface area contributed by atoms with Gasteiger partial charge in [-0.15, -0.1) is 0 Å². The average molecular weight is 312 g/mol. The van der Waals surface area contributed by atoms with Crippen molar-refractivity contribution in [3.8, 4) is 0 Å². The van der Waals surface area contributed by atoms with E-state index in [1.807, 2.05) is 36.4 Å². The number of thiocarbonyl (C=S) groups is 1. The van der Waals surface area contributed by atoms with E-state index in [1.165, 1.54) is 5.56 Å². The third kappa shape index (κ3) is 3.65. The van der Waals surface area contributed by atoms with Crippen LogP contribution < -0.4 is 16.1 Å². The number of hydrogen-bond acceptors (Lipinski definition) is 3. The zero-order valence-corrected chi connectivity index (χ0v) is 12.9. The second-order valence-corrected chi connectivity index (χ2v) is 5.60. The third-order valence-electron chi connectivity index (χ3n) is 3.61. The Morgan fingerprint density at radius 2 is 2.05 bits per heavy atom. The number of nitrogens with one attached hydrogen (secondary N) is 2. The maximum absolute atomic E-state index is 9.71. The molecule has 1 aliphatic rings. The van der Waals surface area contributed by atoms with E-state index in [0.29, 0.717) is 11.7 Å². The molecule has 22 heavy (non-hydrogen) atoms. The van der Waals surface area contributed by atoms with Crippen LogP contribution in [0.3, 0.4) is 0 Å². The smallest absolute Gasteiger partial charge is 0.423 e. The molecule has 0 aliphatic carbocycles. The van der Waals surface area contributed by atoms with Crippen molar-refractivity contribution in [3.63, 3.8) is 0 Å². The fourth-order valence-corrected chi connectivity index (χ4v) is 2.65. The lowest BCUT2D eigenvalue weighted by Gasteiger charge is -2.11. The summed E-state index contributed by atoms with van der Waals surface area (Å²) in [7, 11) is -0.837. The minimum Gasteiger partial charge on any atom is -0.423 e. The summed E-state index contributed by atoms with van der Waals surface area (Å²) in [5.41, 5.74) is 3.94. The molecule has 2 aromatic carbocycles. The summed E-state index contributed by atoms with van der Waals surface area (Å²) in [6, 6.07) is 16.0. The number of rotatable bonds is 4. The van der Waals surface area contributed by atoms with Gasteiger partial charge < -0.3 is 20.3 Å². The van der Waals surface area contributed by atoms with E-state index in [0.717, 1.165) is 29.7 Å². The zero-order chi connectivity index (χ0) is 15.4. The van der Waals surface area contributed by atoms with Crippen LogP contribution in [0.1, 0.15) is 11.1 Å². The van der Waals surface area contributed by atoms with Crippen molar-refractivity contribution >= 4 is 35.6 Å². The van der Waals surface area contributed by atoms with Crippen LogP contribution in [-0.2, 0) is 17.7 Å². The molecule has 0 spiro atoms. The van der Waals surface area contributed by atoms with Crippen molar-refractivity contribution in [1.82, 2.24) is 5.32 Å². The van der Waals surface area contributed by atoms with Gasteiger partial charge in [0.25, 0.3) is 0 Å². The van der Waals surface area contributed by atoms with Gasteiger partial charge in [0, 0.05) is 12.2 Å². The molecule has 0 unspecified atom stereocenters. The molecule has 0 saturated carbocycles. The highest BCUT2D eigenvalue weighted by atomic mass is 32.1. The zero-order valence-electron chi connectivity index (χ0n) is 12.1. The Labute approximate surface area is 135 Å². The highest BCUT2D eigenvalue weighted by Crippen LogP contribution is 2.14. The van der Waals surface area contributed by atoms with Crippen LogP contribution in [0.4, 0.5) is 5.69 Å². The lowest BCUT2D eigenvalue weighted by Crippen LogP contribution is -2.32. The normalized spacial score (nSPS) is 12.9. The van der Waals surface area contributed by atoms with Gasteiger partial charge in [0.05, 0.1) is 6.61 Å². The Bertz CT molecular complexity index is 666. The lowest BCUT2D eigenvalue weighted by molar-refractivity contribution is 0.275. The summed E-state index contributed by atoms with van der Waals surface area (Å²) in [4.78, 5) is 0. The van der Waals surface area contributed by atoms with Gasteiger partial charge in [-0.25, -0.2) is 0 Å². The molecule has 4 nitrogen and oxygen atoms in total. The number of anilines is 1. The molecule has 1 aliphatic heterocycles. The van der Waals surface area contributed by atoms with E-state index in [9.17, 15) is 5.02 Å². The van der Waals surface area contributed by atoms with Crippen molar-refractivity contribution in [2.45, 2.75) is 13.0 Å². The van der Waals surface area contributed by atoms with Crippen LogP contribution in [0.5, 0.6) is 0 Å². The van der Waals surface area contributed by atoms with Gasteiger partial charge in [0.15, 0.2) is 5.11 Å². The first-order chi connectivity index (χ1) is 10.7. The van der Waals surface area contributed by atoms with Crippen LogP contribution in [0.25, 0.3) is 0 Å². The molecular weight excluding hydrogens is 295 g/mol. The first kappa shape index (κ1) is 15.0. The van der Waals surface area contributed by atoms with Gasteiger partial charge in [0.2, 0.25) is 0 Å². The predicted molar refractivity (Wildman–Crippen MR) is 93.2 cm³/mol. The van der Waals surface area contributed by atoms with Crippen LogP contribution in [0.2, 0.25) is 0 Å². The van der Waals surface area contributed by atoms with Crippen LogP contribution >= 0.6 is 12.2 Å². The van der Waals surface area contributed by atoms with Crippen LogP contribution in [0, 0.1) is 0 Å². The van der Waals surface area contributed by atoms with Crippen molar-refractivity contribution in [1.29, 1.82) is 0 Å². The molecule has 3 rings (SSSR count). The van der Waals surface area contributed by atoms with Gasteiger partial charge in [-0.1, -0.05) is 36.4 Å². The largest absolute Gasteiger partial charge is 0.491 e. The first-order valence-electron chi connectivity index (χ1n) is 7.23. The number of hydrogen-bond donors (Lipinski definition) is 3. The Kier molecular flexibility index (Phi) is 4.72. The summed E-state index contributed by atoms with van der Waals surface area (Å²) >= 11 is 5.29. The van der Waals surface area contributed by atoms with Gasteiger partial charge in [-0.05, 0) is 47.4 Å². The quantitative estimate of drug-likeness (QED) is 0.589. The van der Waals surface area contributed by atoms with E-state index >= 15 is 0 Å². The third-order valence-corrected chi connectivity index (χ3v) is 3.85. The SMILES string of the molecule is OB1OCc2ccc(NC(=S)NCCc3ccccc3)cc21. The molecule has 0 atom stereocenters. The fourth-order valence-electron chi connectivity index (χ4n) is 2.43. The van der Waals surface area contributed by atoms with Crippen LogP contribution in [0.15, 0.2) is 48.5 Å².